The van der Waals surface area contributed by atoms with Gasteiger partial charge in [0.2, 0.25) is 0 Å². The minimum atomic E-state index is 0.297. The van der Waals surface area contributed by atoms with Gasteiger partial charge < -0.3 is 0 Å². The summed E-state index contributed by atoms with van der Waals surface area (Å²) in [5.41, 5.74) is 1.57. The molecule has 0 aromatic carbocycles. The molecule has 1 aromatic heterocycles. The molecule has 0 aliphatic carbocycles. The van der Waals surface area contributed by atoms with E-state index in [9.17, 15) is 0 Å². The van der Waals surface area contributed by atoms with E-state index in [4.69, 9.17) is 0 Å². The second kappa shape index (κ2) is 3.74. The molecule has 0 radical (unpaired) electrons. The van der Waals surface area contributed by atoms with Crippen LogP contribution in [0.25, 0.3) is 0 Å². The molecule has 1 rings (SSSR count). The maximum absolute atomic E-state index is 3.99. The van der Waals surface area contributed by atoms with Gasteiger partial charge in [-0.15, -0.1) is 0 Å². The molecule has 1 N–H and O–H groups in total. The Morgan fingerprint density at radius 1 is 1.50 bits per heavy atom. The van der Waals surface area contributed by atoms with E-state index in [2.05, 4.69) is 37.0 Å². The number of H-pyrrole nitrogens is 1. The minimum absolute atomic E-state index is 0.297. The number of hydrogen-bond acceptors (Lipinski definition) is 1. The molecular formula is C10H18N2. The lowest BCUT2D eigenvalue weighted by atomic mass is 9.80. The van der Waals surface area contributed by atoms with Gasteiger partial charge in [-0.3, -0.25) is 5.10 Å². The molecule has 68 valence electrons. The van der Waals surface area contributed by atoms with Crippen LogP contribution in [0.1, 0.15) is 45.7 Å². The van der Waals surface area contributed by atoms with Gasteiger partial charge in [0.25, 0.3) is 0 Å². The fourth-order valence-electron chi connectivity index (χ4n) is 1.65. The van der Waals surface area contributed by atoms with Crippen LogP contribution in [0.3, 0.4) is 0 Å². The highest BCUT2D eigenvalue weighted by Crippen LogP contribution is 2.30. The van der Waals surface area contributed by atoms with Crippen LogP contribution < -0.4 is 0 Å². The van der Waals surface area contributed by atoms with E-state index in [0.29, 0.717) is 5.41 Å². The van der Waals surface area contributed by atoms with Crippen molar-refractivity contribution in [2.24, 2.45) is 0 Å². The summed E-state index contributed by atoms with van der Waals surface area (Å²) in [7, 11) is 0. The number of aromatic amines is 1. The minimum Gasteiger partial charge on any atom is -0.282 e. The molecule has 1 unspecified atom stereocenters. The maximum Gasteiger partial charge on any atom is 0.0490 e. The van der Waals surface area contributed by atoms with Crippen LogP contribution >= 0.6 is 0 Å². The normalized spacial score (nSPS) is 15.9. The third-order valence-corrected chi connectivity index (χ3v) is 2.73. The Kier molecular flexibility index (Phi) is 2.90. The second-order valence-corrected chi connectivity index (χ2v) is 3.63. The van der Waals surface area contributed by atoms with Crippen molar-refractivity contribution in [1.82, 2.24) is 10.2 Å². The molecule has 0 spiro atoms. The van der Waals surface area contributed by atoms with Gasteiger partial charge in [-0.2, -0.15) is 5.10 Å². The maximum atomic E-state index is 3.99. The molecule has 2 heteroatoms. The zero-order valence-electron chi connectivity index (χ0n) is 8.22. The lowest BCUT2D eigenvalue weighted by molar-refractivity contribution is 0.402. The topological polar surface area (TPSA) is 28.7 Å². The van der Waals surface area contributed by atoms with Crippen LogP contribution in [0, 0.1) is 0 Å². The van der Waals surface area contributed by atoms with E-state index < -0.39 is 0 Å². The third kappa shape index (κ3) is 1.68. The van der Waals surface area contributed by atoms with Crippen LogP contribution in [-0.2, 0) is 5.41 Å². The summed E-state index contributed by atoms with van der Waals surface area (Å²) < 4.78 is 0. The Hall–Kier alpha value is -0.790. The number of rotatable bonds is 4. The van der Waals surface area contributed by atoms with Crippen LogP contribution in [0.15, 0.2) is 12.3 Å². The van der Waals surface area contributed by atoms with Crippen molar-refractivity contribution in [3.63, 3.8) is 0 Å². The smallest absolute Gasteiger partial charge is 0.0490 e. The van der Waals surface area contributed by atoms with Crippen molar-refractivity contribution >= 4 is 0 Å². The molecule has 0 amide bonds. The fourth-order valence-corrected chi connectivity index (χ4v) is 1.65. The molecule has 12 heavy (non-hydrogen) atoms. The summed E-state index contributed by atoms with van der Waals surface area (Å²) in [6, 6.07) is 2.08. The first kappa shape index (κ1) is 9.30. The van der Waals surface area contributed by atoms with Crippen LogP contribution in [-0.4, -0.2) is 10.2 Å². The summed E-state index contributed by atoms with van der Waals surface area (Å²) in [5, 5.41) is 7.06. The first-order chi connectivity index (χ1) is 5.73. The van der Waals surface area contributed by atoms with E-state index in [1.54, 1.807) is 0 Å². The highest BCUT2D eigenvalue weighted by Gasteiger charge is 2.24. The molecule has 2 nitrogen and oxygen atoms in total. The molecule has 0 bridgehead atoms. The molecular weight excluding hydrogens is 148 g/mol. The van der Waals surface area contributed by atoms with Crippen molar-refractivity contribution in [3.8, 4) is 0 Å². The first-order valence-electron chi connectivity index (χ1n) is 4.73. The first-order valence-corrected chi connectivity index (χ1v) is 4.73. The number of hydrogen-bond donors (Lipinski definition) is 1. The number of nitrogens with zero attached hydrogens (tertiary/aromatic N) is 1. The Balaban J connectivity index is 2.80. The predicted molar refractivity (Wildman–Crippen MR) is 51.1 cm³/mol. The van der Waals surface area contributed by atoms with E-state index in [1.807, 2.05) is 6.20 Å². The zero-order chi connectivity index (χ0) is 9.03. The van der Waals surface area contributed by atoms with Crippen molar-refractivity contribution in [3.05, 3.63) is 18.0 Å². The van der Waals surface area contributed by atoms with Gasteiger partial charge in [-0.25, -0.2) is 0 Å². The van der Waals surface area contributed by atoms with Gasteiger partial charge in [0.05, 0.1) is 0 Å². The largest absolute Gasteiger partial charge is 0.282 e. The quantitative estimate of drug-likeness (QED) is 0.732. The Bertz CT molecular complexity index is 216. The summed E-state index contributed by atoms with van der Waals surface area (Å²) in [6.07, 6.45) is 5.46. The van der Waals surface area contributed by atoms with Gasteiger partial charge in [0.15, 0.2) is 0 Å². The Labute approximate surface area is 74.4 Å². The van der Waals surface area contributed by atoms with Gasteiger partial charge in [0, 0.05) is 17.3 Å². The van der Waals surface area contributed by atoms with E-state index in [0.717, 1.165) is 0 Å². The van der Waals surface area contributed by atoms with Crippen LogP contribution in [0.2, 0.25) is 0 Å². The lowest BCUT2D eigenvalue weighted by Crippen LogP contribution is -2.20. The van der Waals surface area contributed by atoms with Crippen molar-refractivity contribution < 1.29 is 0 Å². The zero-order valence-corrected chi connectivity index (χ0v) is 8.22. The molecule has 0 aliphatic rings. The van der Waals surface area contributed by atoms with E-state index in [1.165, 1.54) is 25.0 Å². The second-order valence-electron chi connectivity index (χ2n) is 3.63. The Morgan fingerprint density at radius 3 is 2.67 bits per heavy atom. The van der Waals surface area contributed by atoms with E-state index >= 15 is 0 Å². The van der Waals surface area contributed by atoms with E-state index in [-0.39, 0.29) is 0 Å². The molecule has 0 fully saturated rings. The lowest BCUT2D eigenvalue weighted by Gasteiger charge is -2.25. The molecule has 0 saturated heterocycles. The SMILES string of the molecule is CCCC(C)(CC)c1ccn[nH]1. The van der Waals surface area contributed by atoms with Crippen molar-refractivity contribution in [1.29, 1.82) is 0 Å². The van der Waals surface area contributed by atoms with Crippen LogP contribution in [0.4, 0.5) is 0 Å². The summed E-state index contributed by atoms with van der Waals surface area (Å²) in [5.74, 6) is 0. The molecule has 1 heterocycles. The van der Waals surface area contributed by atoms with Crippen molar-refractivity contribution in [2.45, 2.75) is 45.4 Å². The van der Waals surface area contributed by atoms with Gasteiger partial charge in [0.1, 0.15) is 0 Å². The monoisotopic (exact) mass is 166 g/mol. The van der Waals surface area contributed by atoms with Gasteiger partial charge in [-0.1, -0.05) is 27.2 Å². The highest BCUT2D eigenvalue weighted by molar-refractivity contribution is 5.12. The fraction of sp³-hybridized carbons (Fsp3) is 0.700. The van der Waals surface area contributed by atoms with Crippen LogP contribution in [0.5, 0.6) is 0 Å². The average Bonchev–Trinajstić information content (AvgIpc) is 2.57. The predicted octanol–water partition coefficient (Wildman–Crippen LogP) is 2.88. The number of aromatic nitrogens is 2. The van der Waals surface area contributed by atoms with Gasteiger partial charge in [-0.05, 0) is 18.9 Å². The Morgan fingerprint density at radius 2 is 2.25 bits per heavy atom. The molecule has 0 aliphatic heterocycles. The molecule has 1 atom stereocenters. The molecule has 1 aromatic rings. The average molecular weight is 166 g/mol. The number of nitrogens with one attached hydrogen (secondary N) is 1. The summed E-state index contributed by atoms with van der Waals surface area (Å²) in [4.78, 5) is 0. The highest BCUT2D eigenvalue weighted by atomic mass is 15.1. The van der Waals surface area contributed by atoms with Gasteiger partial charge >= 0.3 is 0 Å². The molecule has 0 saturated carbocycles. The standard InChI is InChI=1S/C10H18N2/c1-4-7-10(3,5-2)9-6-8-11-12-9/h6,8H,4-5,7H2,1-3H3,(H,11,12). The van der Waals surface area contributed by atoms with Crippen molar-refractivity contribution in [2.75, 3.05) is 0 Å². The summed E-state index contributed by atoms with van der Waals surface area (Å²) >= 11 is 0. The summed E-state index contributed by atoms with van der Waals surface area (Å²) in [6.45, 7) is 6.75. The third-order valence-electron chi connectivity index (χ3n) is 2.73.